The molecular weight excluding hydrogens is 212 g/mol. The van der Waals surface area contributed by atoms with Crippen LogP contribution in [0.2, 0.25) is 0 Å². The SMILES string of the molecule is Cc1nc2ccccc2nc1CC(O)C1CC1. The van der Waals surface area contributed by atoms with E-state index in [-0.39, 0.29) is 6.10 Å². The van der Waals surface area contributed by atoms with Gasteiger partial charge >= 0.3 is 0 Å². The predicted octanol–water partition coefficient (Wildman–Crippen LogP) is 2.25. The van der Waals surface area contributed by atoms with E-state index >= 15 is 0 Å². The molecule has 0 amide bonds. The summed E-state index contributed by atoms with van der Waals surface area (Å²) >= 11 is 0. The van der Waals surface area contributed by atoms with Crippen LogP contribution in [-0.2, 0) is 6.42 Å². The Hall–Kier alpha value is -1.48. The van der Waals surface area contributed by atoms with Gasteiger partial charge in [0, 0.05) is 6.42 Å². The average Bonchev–Trinajstić information content (AvgIpc) is 3.14. The molecule has 17 heavy (non-hydrogen) atoms. The Balaban J connectivity index is 1.94. The number of hydrogen-bond acceptors (Lipinski definition) is 3. The lowest BCUT2D eigenvalue weighted by molar-refractivity contribution is 0.150. The van der Waals surface area contributed by atoms with Crippen LogP contribution in [0.5, 0.6) is 0 Å². The Morgan fingerprint density at radius 2 is 1.88 bits per heavy atom. The van der Waals surface area contributed by atoms with Gasteiger partial charge in [0.2, 0.25) is 0 Å². The molecule has 1 aliphatic rings. The topological polar surface area (TPSA) is 46.0 Å². The molecule has 0 aliphatic heterocycles. The van der Waals surface area contributed by atoms with Crippen molar-refractivity contribution in [2.45, 2.75) is 32.3 Å². The summed E-state index contributed by atoms with van der Waals surface area (Å²) in [6, 6.07) is 7.87. The third-order valence-corrected chi connectivity index (χ3v) is 3.41. The second kappa shape index (κ2) is 4.08. The van der Waals surface area contributed by atoms with E-state index in [1.807, 2.05) is 31.2 Å². The summed E-state index contributed by atoms with van der Waals surface area (Å²) in [6.45, 7) is 1.97. The summed E-state index contributed by atoms with van der Waals surface area (Å²) < 4.78 is 0. The molecule has 3 rings (SSSR count). The van der Waals surface area contributed by atoms with Crippen LogP contribution in [0.25, 0.3) is 11.0 Å². The van der Waals surface area contributed by atoms with Gasteiger partial charge in [0.15, 0.2) is 0 Å². The minimum absolute atomic E-state index is 0.246. The summed E-state index contributed by atoms with van der Waals surface area (Å²) in [5.74, 6) is 0.489. The lowest BCUT2D eigenvalue weighted by Crippen LogP contribution is -2.15. The van der Waals surface area contributed by atoms with Crippen molar-refractivity contribution < 1.29 is 5.11 Å². The van der Waals surface area contributed by atoms with E-state index in [9.17, 15) is 5.11 Å². The van der Waals surface area contributed by atoms with Crippen molar-refractivity contribution in [3.05, 3.63) is 35.7 Å². The van der Waals surface area contributed by atoms with Gasteiger partial charge < -0.3 is 5.11 Å². The van der Waals surface area contributed by atoms with Gasteiger partial charge in [-0.05, 0) is 37.8 Å². The first-order valence-electron chi connectivity index (χ1n) is 6.14. The lowest BCUT2D eigenvalue weighted by Gasteiger charge is -2.11. The zero-order valence-corrected chi connectivity index (χ0v) is 9.93. The van der Waals surface area contributed by atoms with Crippen LogP contribution >= 0.6 is 0 Å². The first-order chi connectivity index (χ1) is 8.24. The predicted molar refractivity (Wildman–Crippen MR) is 66.7 cm³/mol. The fraction of sp³-hybridized carbons (Fsp3) is 0.429. The fourth-order valence-electron chi connectivity index (χ4n) is 2.16. The van der Waals surface area contributed by atoms with Crippen molar-refractivity contribution in [1.29, 1.82) is 0 Å². The van der Waals surface area contributed by atoms with Crippen molar-refractivity contribution in [3.8, 4) is 0 Å². The van der Waals surface area contributed by atoms with Gasteiger partial charge in [-0.1, -0.05) is 12.1 Å². The monoisotopic (exact) mass is 228 g/mol. The normalized spacial score (nSPS) is 17.3. The van der Waals surface area contributed by atoms with Gasteiger partial charge in [-0.15, -0.1) is 0 Å². The molecule has 1 aromatic heterocycles. The molecule has 1 saturated carbocycles. The molecule has 1 aliphatic carbocycles. The number of aryl methyl sites for hydroxylation is 1. The minimum Gasteiger partial charge on any atom is -0.392 e. The van der Waals surface area contributed by atoms with Crippen LogP contribution in [0.15, 0.2) is 24.3 Å². The Bertz CT molecular complexity index is 549. The van der Waals surface area contributed by atoms with E-state index in [2.05, 4.69) is 9.97 Å². The van der Waals surface area contributed by atoms with Crippen molar-refractivity contribution >= 4 is 11.0 Å². The largest absolute Gasteiger partial charge is 0.392 e. The summed E-state index contributed by atoms with van der Waals surface area (Å²) in [5, 5.41) is 9.97. The molecule has 0 radical (unpaired) electrons. The zero-order chi connectivity index (χ0) is 11.8. The third-order valence-electron chi connectivity index (χ3n) is 3.41. The van der Waals surface area contributed by atoms with E-state index < -0.39 is 0 Å². The van der Waals surface area contributed by atoms with E-state index in [1.165, 1.54) is 0 Å². The Labute approximate surface area is 101 Å². The molecule has 1 unspecified atom stereocenters. The molecule has 88 valence electrons. The highest BCUT2D eigenvalue weighted by molar-refractivity contribution is 5.74. The zero-order valence-electron chi connectivity index (χ0n) is 9.93. The van der Waals surface area contributed by atoms with Gasteiger partial charge in [-0.25, -0.2) is 9.97 Å². The van der Waals surface area contributed by atoms with Gasteiger partial charge in [0.25, 0.3) is 0 Å². The Kier molecular flexibility index (Phi) is 2.56. The smallest absolute Gasteiger partial charge is 0.0890 e. The van der Waals surface area contributed by atoms with E-state index in [0.29, 0.717) is 12.3 Å². The number of aromatic nitrogens is 2. The number of nitrogens with zero attached hydrogens (tertiary/aromatic N) is 2. The van der Waals surface area contributed by atoms with Crippen molar-refractivity contribution in [1.82, 2.24) is 9.97 Å². The standard InChI is InChI=1S/C14H16N2O/c1-9-13(8-14(17)10-6-7-10)16-12-5-3-2-4-11(12)15-9/h2-5,10,14,17H,6-8H2,1H3. The van der Waals surface area contributed by atoms with E-state index in [4.69, 9.17) is 0 Å². The van der Waals surface area contributed by atoms with Crippen LogP contribution in [0.3, 0.4) is 0 Å². The van der Waals surface area contributed by atoms with Gasteiger partial charge in [0.05, 0.1) is 28.5 Å². The third kappa shape index (κ3) is 2.15. The molecule has 0 bridgehead atoms. The molecule has 0 spiro atoms. The maximum atomic E-state index is 9.97. The van der Waals surface area contributed by atoms with Gasteiger partial charge in [0.1, 0.15) is 0 Å². The number of aliphatic hydroxyl groups is 1. The molecular formula is C14H16N2O. The van der Waals surface area contributed by atoms with Crippen molar-refractivity contribution in [2.75, 3.05) is 0 Å². The van der Waals surface area contributed by atoms with Crippen LogP contribution in [0, 0.1) is 12.8 Å². The lowest BCUT2D eigenvalue weighted by atomic mass is 10.1. The number of fused-ring (bicyclic) bond motifs is 1. The minimum atomic E-state index is -0.246. The maximum Gasteiger partial charge on any atom is 0.0890 e. The highest BCUT2D eigenvalue weighted by atomic mass is 16.3. The molecule has 3 nitrogen and oxygen atoms in total. The van der Waals surface area contributed by atoms with Crippen LogP contribution < -0.4 is 0 Å². The van der Waals surface area contributed by atoms with Crippen LogP contribution in [-0.4, -0.2) is 21.2 Å². The molecule has 2 aromatic rings. The van der Waals surface area contributed by atoms with Gasteiger partial charge in [-0.2, -0.15) is 0 Å². The number of benzene rings is 1. The molecule has 1 heterocycles. The Morgan fingerprint density at radius 3 is 2.53 bits per heavy atom. The second-order valence-corrected chi connectivity index (χ2v) is 4.85. The van der Waals surface area contributed by atoms with Crippen molar-refractivity contribution in [3.63, 3.8) is 0 Å². The molecule has 1 fully saturated rings. The molecule has 3 heteroatoms. The number of rotatable bonds is 3. The summed E-state index contributed by atoms with van der Waals surface area (Å²) in [4.78, 5) is 9.14. The molecule has 0 saturated heterocycles. The first kappa shape index (κ1) is 10.7. The first-order valence-corrected chi connectivity index (χ1v) is 6.14. The molecule has 1 N–H and O–H groups in total. The summed E-state index contributed by atoms with van der Waals surface area (Å²) in [5.41, 5.74) is 3.71. The summed E-state index contributed by atoms with van der Waals surface area (Å²) in [7, 11) is 0. The van der Waals surface area contributed by atoms with E-state index in [1.54, 1.807) is 0 Å². The van der Waals surface area contributed by atoms with E-state index in [0.717, 1.165) is 35.3 Å². The molecule has 1 atom stereocenters. The summed E-state index contributed by atoms with van der Waals surface area (Å²) in [6.07, 6.45) is 2.70. The fourth-order valence-corrected chi connectivity index (χ4v) is 2.16. The number of aliphatic hydroxyl groups excluding tert-OH is 1. The highest BCUT2D eigenvalue weighted by Crippen LogP contribution is 2.34. The Morgan fingerprint density at radius 1 is 1.24 bits per heavy atom. The number of para-hydroxylation sites is 2. The van der Waals surface area contributed by atoms with Crippen LogP contribution in [0.4, 0.5) is 0 Å². The van der Waals surface area contributed by atoms with Crippen LogP contribution in [0.1, 0.15) is 24.2 Å². The quantitative estimate of drug-likeness (QED) is 0.876. The average molecular weight is 228 g/mol. The van der Waals surface area contributed by atoms with Gasteiger partial charge in [-0.3, -0.25) is 0 Å². The molecule has 1 aromatic carbocycles. The highest BCUT2D eigenvalue weighted by Gasteiger charge is 2.30. The number of hydrogen-bond donors (Lipinski definition) is 1. The second-order valence-electron chi connectivity index (χ2n) is 4.85. The maximum absolute atomic E-state index is 9.97. The van der Waals surface area contributed by atoms with Crippen molar-refractivity contribution in [2.24, 2.45) is 5.92 Å².